The molecule has 1 heterocycles. The van der Waals surface area contributed by atoms with Gasteiger partial charge in [-0.15, -0.1) is 0 Å². The molecule has 20 heavy (non-hydrogen) atoms. The molecule has 0 unspecified atom stereocenters. The van der Waals surface area contributed by atoms with Gasteiger partial charge in [-0.3, -0.25) is 0 Å². The maximum absolute atomic E-state index is 8.74. The predicted molar refractivity (Wildman–Crippen MR) is 79.5 cm³/mol. The average Bonchev–Trinajstić information content (AvgIpc) is 2.49. The number of anilines is 2. The van der Waals surface area contributed by atoms with Crippen molar-refractivity contribution in [3.05, 3.63) is 40.5 Å². The van der Waals surface area contributed by atoms with E-state index in [-0.39, 0.29) is 0 Å². The molecule has 5 nitrogen and oxygen atoms in total. The van der Waals surface area contributed by atoms with E-state index in [1.165, 1.54) is 6.20 Å². The summed E-state index contributed by atoms with van der Waals surface area (Å²) in [6.07, 6.45) is 1.51. The van der Waals surface area contributed by atoms with Crippen LogP contribution in [-0.4, -0.2) is 19.2 Å². The minimum atomic E-state index is 0.515. The van der Waals surface area contributed by atoms with E-state index >= 15 is 0 Å². The topological polar surface area (TPSA) is 67.2 Å². The molecule has 0 aliphatic carbocycles. The van der Waals surface area contributed by atoms with Gasteiger partial charge in [-0.1, -0.05) is 0 Å². The van der Waals surface area contributed by atoms with Gasteiger partial charge in [0.05, 0.1) is 19.8 Å². The van der Waals surface area contributed by atoms with E-state index in [0.29, 0.717) is 22.9 Å². The van der Waals surface area contributed by atoms with Crippen LogP contribution in [0.25, 0.3) is 0 Å². The number of aromatic nitrogens is 1. The van der Waals surface area contributed by atoms with Gasteiger partial charge in [-0.25, -0.2) is 4.98 Å². The van der Waals surface area contributed by atoms with Crippen LogP contribution in [0.3, 0.4) is 0 Å². The zero-order valence-corrected chi connectivity index (χ0v) is 12.6. The molecule has 0 saturated heterocycles. The van der Waals surface area contributed by atoms with Crippen LogP contribution in [0.4, 0.5) is 11.5 Å². The quantitative estimate of drug-likeness (QED) is 0.927. The second-order valence-electron chi connectivity index (χ2n) is 3.86. The largest absolute Gasteiger partial charge is 0.495 e. The Morgan fingerprint density at radius 3 is 2.30 bits per heavy atom. The Morgan fingerprint density at radius 1 is 1.20 bits per heavy atom. The van der Waals surface area contributed by atoms with Crippen molar-refractivity contribution in [2.45, 2.75) is 0 Å². The number of ether oxygens (including phenoxy) is 2. The number of hydrogen-bond donors (Lipinski definition) is 1. The summed E-state index contributed by atoms with van der Waals surface area (Å²) in [5.74, 6) is 1.94. The van der Waals surface area contributed by atoms with Gasteiger partial charge in [0.1, 0.15) is 27.9 Å². The first-order valence-electron chi connectivity index (χ1n) is 5.72. The maximum Gasteiger partial charge on any atom is 0.138 e. The molecule has 0 amide bonds. The monoisotopic (exact) mass is 333 g/mol. The molecule has 0 bridgehead atoms. The lowest BCUT2D eigenvalue weighted by atomic mass is 10.2. The Balaban J connectivity index is 2.30. The Morgan fingerprint density at radius 2 is 1.85 bits per heavy atom. The van der Waals surface area contributed by atoms with Crippen LogP contribution < -0.4 is 14.8 Å². The number of methoxy groups -OCH3 is 2. The summed E-state index contributed by atoms with van der Waals surface area (Å²) in [4.78, 5) is 4.15. The number of pyridine rings is 1. The molecule has 2 aromatic rings. The number of nitriles is 1. The van der Waals surface area contributed by atoms with E-state index in [1.54, 1.807) is 26.4 Å². The molecule has 1 N–H and O–H groups in total. The zero-order chi connectivity index (χ0) is 14.5. The van der Waals surface area contributed by atoms with E-state index in [1.807, 2.05) is 18.2 Å². The summed E-state index contributed by atoms with van der Waals surface area (Å²) in [6.45, 7) is 0. The Hall–Kier alpha value is -2.26. The normalized spacial score (nSPS) is 9.70. The first-order chi connectivity index (χ1) is 9.67. The van der Waals surface area contributed by atoms with Crippen LogP contribution in [0.2, 0.25) is 0 Å². The fraction of sp³-hybridized carbons (Fsp3) is 0.143. The van der Waals surface area contributed by atoms with Crippen LogP contribution >= 0.6 is 15.9 Å². The van der Waals surface area contributed by atoms with Crippen LogP contribution in [0, 0.1) is 11.3 Å². The van der Waals surface area contributed by atoms with E-state index in [4.69, 9.17) is 14.7 Å². The highest BCUT2D eigenvalue weighted by Crippen LogP contribution is 2.38. The van der Waals surface area contributed by atoms with E-state index in [2.05, 4.69) is 26.2 Å². The molecule has 1 aromatic carbocycles. The molecule has 0 spiro atoms. The van der Waals surface area contributed by atoms with Crippen LogP contribution in [0.5, 0.6) is 11.5 Å². The summed E-state index contributed by atoms with van der Waals surface area (Å²) in [5.41, 5.74) is 1.29. The highest BCUT2D eigenvalue weighted by molar-refractivity contribution is 9.10. The highest BCUT2D eigenvalue weighted by atomic mass is 79.9. The highest BCUT2D eigenvalue weighted by Gasteiger charge is 2.10. The van der Waals surface area contributed by atoms with Crippen LogP contribution in [0.1, 0.15) is 5.56 Å². The van der Waals surface area contributed by atoms with Crippen molar-refractivity contribution in [2.24, 2.45) is 0 Å². The number of hydrogen-bond acceptors (Lipinski definition) is 5. The summed E-state index contributed by atoms with van der Waals surface area (Å²) in [6, 6.07) is 9.11. The molecule has 2 rings (SSSR count). The van der Waals surface area contributed by atoms with Crippen molar-refractivity contribution in [3.8, 4) is 17.6 Å². The van der Waals surface area contributed by atoms with Gasteiger partial charge in [0.25, 0.3) is 0 Å². The first kappa shape index (κ1) is 14.2. The second kappa shape index (κ2) is 6.26. The second-order valence-corrected chi connectivity index (χ2v) is 4.66. The summed E-state index contributed by atoms with van der Waals surface area (Å²) in [7, 11) is 3.17. The molecule has 1 aromatic heterocycles. The molecule has 0 aliphatic rings. The Labute approximate surface area is 125 Å². The van der Waals surface area contributed by atoms with Crippen LogP contribution in [-0.2, 0) is 0 Å². The molecule has 0 radical (unpaired) electrons. The average molecular weight is 334 g/mol. The van der Waals surface area contributed by atoms with Crippen molar-refractivity contribution >= 4 is 27.4 Å². The van der Waals surface area contributed by atoms with Crippen molar-refractivity contribution < 1.29 is 9.47 Å². The van der Waals surface area contributed by atoms with Crippen molar-refractivity contribution in [1.29, 1.82) is 5.26 Å². The predicted octanol–water partition coefficient (Wildman–Crippen LogP) is 3.48. The van der Waals surface area contributed by atoms with Gasteiger partial charge >= 0.3 is 0 Å². The third kappa shape index (κ3) is 3.00. The number of nitrogens with zero attached hydrogens (tertiary/aromatic N) is 2. The third-order valence-electron chi connectivity index (χ3n) is 2.61. The SMILES string of the molecule is COc1cc(Nc2ccc(C#N)cn2)cc(OC)c1Br. The number of nitrogens with one attached hydrogen (secondary N) is 1. The standard InChI is InChI=1S/C14H12BrN3O2/c1-19-11-5-10(6-12(20-2)14(11)15)18-13-4-3-9(7-16)8-17-13/h3-6,8H,1-2H3,(H,17,18). The fourth-order valence-corrected chi connectivity index (χ4v) is 2.18. The lowest BCUT2D eigenvalue weighted by molar-refractivity contribution is 0.390. The maximum atomic E-state index is 8.74. The molecular weight excluding hydrogens is 322 g/mol. The number of rotatable bonds is 4. The molecule has 0 saturated carbocycles. The third-order valence-corrected chi connectivity index (χ3v) is 3.39. The molecular formula is C14H12BrN3O2. The number of benzene rings is 1. The Kier molecular flexibility index (Phi) is 4.43. The first-order valence-corrected chi connectivity index (χ1v) is 6.52. The molecule has 102 valence electrons. The lowest BCUT2D eigenvalue weighted by Gasteiger charge is -2.12. The Bertz CT molecular complexity index is 625. The van der Waals surface area contributed by atoms with E-state index in [9.17, 15) is 0 Å². The van der Waals surface area contributed by atoms with E-state index < -0.39 is 0 Å². The van der Waals surface area contributed by atoms with Crippen molar-refractivity contribution in [2.75, 3.05) is 19.5 Å². The van der Waals surface area contributed by atoms with Crippen LogP contribution in [0.15, 0.2) is 34.9 Å². The number of halogens is 1. The van der Waals surface area contributed by atoms with Crippen molar-refractivity contribution in [3.63, 3.8) is 0 Å². The van der Waals surface area contributed by atoms with Gasteiger partial charge in [0, 0.05) is 24.0 Å². The summed E-state index contributed by atoms with van der Waals surface area (Å²) >= 11 is 3.41. The minimum absolute atomic E-state index is 0.515. The molecule has 0 aliphatic heterocycles. The van der Waals surface area contributed by atoms with Crippen molar-refractivity contribution in [1.82, 2.24) is 4.98 Å². The fourth-order valence-electron chi connectivity index (χ4n) is 1.62. The summed E-state index contributed by atoms with van der Waals surface area (Å²) < 4.78 is 11.3. The van der Waals surface area contributed by atoms with Gasteiger partial charge in [-0.2, -0.15) is 5.26 Å². The molecule has 0 fully saturated rings. The zero-order valence-electron chi connectivity index (χ0n) is 11.0. The van der Waals surface area contributed by atoms with Gasteiger partial charge < -0.3 is 14.8 Å². The summed E-state index contributed by atoms with van der Waals surface area (Å²) in [5, 5.41) is 11.9. The molecule has 6 heteroatoms. The van der Waals surface area contributed by atoms with E-state index in [0.717, 1.165) is 10.2 Å². The van der Waals surface area contributed by atoms with Gasteiger partial charge in [0.2, 0.25) is 0 Å². The van der Waals surface area contributed by atoms with Gasteiger partial charge in [0.15, 0.2) is 0 Å². The lowest BCUT2D eigenvalue weighted by Crippen LogP contribution is -1.96. The molecule has 0 atom stereocenters. The smallest absolute Gasteiger partial charge is 0.138 e. The minimum Gasteiger partial charge on any atom is -0.495 e. The van der Waals surface area contributed by atoms with Gasteiger partial charge in [-0.05, 0) is 28.1 Å².